The van der Waals surface area contributed by atoms with Gasteiger partial charge in [0.2, 0.25) is 5.78 Å². The number of aromatic nitrogens is 4. The Morgan fingerprint density at radius 3 is 2.31 bits per heavy atom. The van der Waals surface area contributed by atoms with Gasteiger partial charge in [0.05, 0.1) is 29.3 Å². The zero-order valence-corrected chi connectivity index (χ0v) is 20.2. The molecule has 2 aromatic rings. The summed E-state index contributed by atoms with van der Waals surface area (Å²) < 4.78 is 31.7. The molecule has 1 aromatic carbocycles. The number of ether oxygens (including phenoxy) is 1. The van der Waals surface area contributed by atoms with Crippen LogP contribution < -0.4 is 5.69 Å². The molecule has 10 nitrogen and oxygen atoms in total. The van der Waals surface area contributed by atoms with E-state index in [0.29, 0.717) is 0 Å². The van der Waals surface area contributed by atoms with E-state index in [1.54, 1.807) is 27.7 Å². The summed E-state index contributed by atoms with van der Waals surface area (Å²) in [5.74, 6) is -1.19. The van der Waals surface area contributed by atoms with Crippen molar-refractivity contribution in [2.24, 2.45) is 12.5 Å². The van der Waals surface area contributed by atoms with Gasteiger partial charge in [-0.3, -0.25) is 9.59 Å². The molecule has 0 spiro atoms. The van der Waals surface area contributed by atoms with Gasteiger partial charge < -0.3 is 4.74 Å². The fourth-order valence-electron chi connectivity index (χ4n) is 2.80. The van der Waals surface area contributed by atoms with E-state index in [1.165, 1.54) is 19.2 Å². The highest BCUT2D eigenvalue weighted by molar-refractivity contribution is 7.90. The van der Waals surface area contributed by atoms with Gasteiger partial charge in [-0.1, -0.05) is 32.4 Å². The number of aryl methyl sites for hydroxylation is 1. The van der Waals surface area contributed by atoms with Crippen molar-refractivity contribution >= 4 is 33.0 Å². The molecule has 0 N–H and O–H groups in total. The van der Waals surface area contributed by atoms with Gasteiger partial charge in [0.25, 0.3) is 0 Å². The smallest absolute Gasteiger partial charge is 0.363 e. The quantitative estimate of drug-likeness (QED) is 0.182. The first kappa shape index (κ1) is 25.5. The second-order valence-electron chi connectivity index (χ2n) is 8.11. The molecule has 12 heteroatoms. The monoisotopic (exact) mass is 484 g/mol. The number of allylic oxidation sites excluding steroid dienone is 1. The molecule has 0 saturated heterocycles. The van der Waals surface area contributed by atoms with Gasteiger partial charge in [-0.25, -0.2) is 13.2 Å². The molecule has 0 atom stereocenters. The van der Waals surface area contributed by atoms with E-state index < -0.39 is 32.5 Å². The lowest BCUT2D eigenvalue weighted by atomic mass is 9.84. The van der Waals surface area contributed by atoms with Crippen LogP contribution >= 0.6 is 11.6 Å². The third kappa shape index (κ3) is 5.33. The zero-order valence-electron chi connectivity index (χ0n) is 18.7. The second kappa shape index (κ2) is 9.37. The van der Waals surface area contributed by atoms with E-state index in [1.807, 2.05) is 0 Å². The molecule has 0 aliphatic carbocycles. The predicted molar refractivity (Wildman–Crippen MR) is 117 cm³/mol. The van der Waals surface area contributed by atoms with Crippen LogP contribution in [0.5, 0.6) is 0 Å². The number of Topliss-reactive ketones (excluding diaryl/α,β-unsaturated/α-hetero) is 2. The summed E-state index contributed by atoms with van der Waals surface area (Å²) in [6, 6.07) is 2.45. The number of rotatable bonds is 8. The van der Waals surface area contributed by atoms with Crippen LogP contribution in [0.25, 0.3) is 0 Å². The van der Waals surface area contributed by atoms with E-state index in [4.69, 9.17) is 16.3 Å². The van der Waals surface area contributed by atoms with Gasteiger partial charge in [0.15, 0.2) is 15.6 Å². The van der Waals surface area contributed by atoms with E-state index in [0.717, 1.165) is 21.9 Å². The summed E-state index contributed by atoms with van der Waals surface area (Å²) in [5.41, 5.74) is -1.82. The van der Waals surface area contributed by atoms with Gasteiger partial charge >= 0.3 is 5.69 Å². The molecule has 0 unspecified atom stereocenters. The van der Waals surface area contributed by atoms with Gasteiger partial charge in [-0.2, -0.15) is 9.36 Å². The Bertz CT molecular complexity index is 1250. The minimum absolute atomic E-state index is 0.0124. The third-order valence-corrected chi connectivity index (χ3v) is 6.08. The zero-order chi connectivity index (χ0) is 24.4. The highest BCUT2D eigenvalue weighted by atomic mass is 35.5. The molecule has 0 radical (unpaired) electrons. The van der Waals surface area contributed by atoms with Gasteiger partial charge in [-0.15, -0.1) is 0 Å². The van der Waals surface area contributed by atoms with Crippen molar-refractivity contribution < 1.29 is 22.7 Å². The second-order valence-corrected chi connectivity index (χ2v) is 10.5. The first-order valence-electron chi connectivity index (χ1n) is 9.59. The summed E-state index contributed by atoms with van der Waals surface area (Å²) in [4.78, 5) is 38.2. The molecule has 0 fully saturated rings. The van der Waals surface area contributed by atoms with Crippen molar-refractivity contribution in [3.8, 4) is 0 Å². The van der Waals surface area contributed by atoms with Crippen LogP contribution in [0, 0.1) is 5.41 Å². The molecule has 2 rings (SSSR count). The molecule has 0 bridgehead atoms. The number of sulfone groups is 1. The largest absolute Gasteiger partial charge is 0.501 e. The Morgan fingerprint density at radius 1 is 1.22 bits per heavy atom. The van der Waals surface area contributed by atoms with Crippen molar-refractivity contribution in [3.63, 3.8) is 0 Å². The summed E-state index contributed by atoms with van der Waals surface area (Å²) in [6.07, 6.45) is 2.07. The van der Waals surface area contributed by atoms with Crippen LogP contribution in [-0.4, -0.2) is 52.6 Å². The molecule has 32 heavy (non-hydrogen) atoms. The normalized spacial score (nSPS) is 12.7. The first-order chi connectivity index (χ1) is 14.7. The number of carbonyl (C=O) groups excluding carboxylic acids is 2. The highest BCUT2D eigenvalue weighted by Gasteiger charge is 2.32. The van der Waals surface area contributed by atoms with Crippen molar-refractivity contribution in [2.75, 3.05) is 12.9 Å². The van der Waals surface area contributed by atoms with Crippen LogP contribution in [0.1, 0.15) is 43.6 Å². The molecule has 1 aromatic heterocycles. The number of ketones is 2. The Balaban J connectivity index is 2.71. The van der Waals surface area contributed by atoms with Crippen LogP contribution in [0.15, 0.2) is 33.7 Å². The summed E-state index contributed by atoms with van der Waals surface area (Å²) in [5, 5.41) is 7.06. The molecular formula is C20H25ClN4O6S. The highest BCUT2D eigenvalue weighted by Crippen LogP contribution is 2.31. The number of carbonyl (C=O) groups is 2. The number of hydrogen-bond donors (Lipinski definition) is 0. The number of benzene rings is 1. The lowest BCUT2D eigenvalue weighted by Crippen LogP contribution is -2.27. The number of hydrogen-bond acceptors (Lipinski definition) is 8. The first-order valence-corrected chi connectivity index (χ1v) is 11.9. The maximum absolute atomic E-state index is 13.3. The average Bonchev–Trinajstić information content (AvgIpc) is 2.99. The lowest BCUT2D eigenvalue weighted by molar-refractivity contribution is -0.122. The minimum Gasteiger partial charge on any atom is -0.501 e. The lowest BCUT2D eigenvalue weighted by Gasteiger charge is -2.19. The summed E-state index contributed by atoms with van der Waals surface area (Å²) in [6.45, 7) is 6.56. The average molecular weight is 485 g/mol. The Hall–Kier alpha value is -2.79. The summed E-state index contributed by atoms with van der Waals surface area (Å²) in [7, 11) is -2.39. The molecule has 0 amide bonds. The maximum Gasteiger partial charge on any atom is 0.363 e. The molecule has 0 aliphatic rings. The number of tetrazole rings is 1. The Labute approximate surface area is 190 Å². The van der Waals surface area contributed by atoms with E-state index in [-0.39, 0.29) is 39.8 Å². The molecule has 1 heterocycles. The summed E-state index contributed by atoms with van der Waals surface area (Å²) >= 11 is 6.49. The van der Waals surface area contributed by atoms with Crippen molar-refractivity contribution in [1.82, 2.24) is 19.8 Å². The van der Waals surface area contributed by atoms with Gasteiger partial charge in [0, 0.05) is 29.8 Å². The fourth-order valence-corrected chi connectivity index (χ4v) is 4.10. The van der Waals surface area contributed by atoms with Crippen LogP contribution in [0.2, 0.25) is 5.02 Å². The van der Waals surface area contributed by atoms with Crippen LogP contribution in [0.3, 0.4) is 0 Å². The Kier molecular flexibility index (Phi) is 7.46. The topological polar surface area (TPSA) is 130 Å². The number of halogens is 1. The molecular weight excluding hydrogens is 460 g/mol. The van der Waals surface area contributed by atoms with Crippen molar-refractivity contribution in [2.45, 2.75) is 39.1 Å². The third-order valence-electron chi connectivity index (χ3n) is 4.47. The van der Waals surface area contributed by atoms with E-state index >= 15 is 0 Å². The predicted octanol–water partition coefficient (Wildman–Crippen LogP) is 1.80. The maximum atomic E-state index is 13.3. The van der Waals surface area contributed by atoms with E-state index in [9.17, 15) is 22.8 Å². The van der Waals surface area contributed by atoms with Crippen molar-refractivity contribution in [3.05, 3.63) is 50.6 Å². The molecule has 0 aliphatic heterocycles. The molecule has 0 saturated carbocycles. The Morgan fingerprint density at radius 2 is 1.84 bits per heavy atom. The van der Waals surface area contributed by atoms with Gasteiger partial charge in [-0.05, 0) is 29.5 Å². The minimum atomic E-state index is -3.77. The van der Waals surface area contributed by atoms with E-state index in [2.05, 4.69) is 10.4 Å². The van der Waals surface area contributed by atoms with Gasteiger partial charge in [0.1, 0.15) is 5.57 Å². The number of nitrogens with zero attached hydrogens (tertiary/aromatic N) is 4. The van der Waals surface area contributed by atoms with Crippen LogP contribution in [-0.2, 0) is 33.0 Å². The standard InChI is InChI=1S/C20H25ClN4O6S/c1-7-31-11-14(18(27)20(2,3)4)17(26)12-8-9-15(32(6,29)30)13(16(12)21)10-25-19(28)24(5)22-23-25/h8-9,11H,7,10H2,1-6H3. The fraction of sp³-hybridized carbons (Fsp3) is 0.450. The SMILES string of the molecule is CCOC=C(C(=O)c1ccc(S(C)(=O)=O)c(Cn2nnn(C)c2=O)c1Cl)C(=O)C(C)(C)C. The van der Waals surface area contributed by atoms with Crippen molar-refractivity contribution in [1.29, 1.82) is 0 Å². The van der Waals surface area contributed by atoms with Crippen LogP contribution in [0.4, 0.5) is 0 Å². The molecule has 174 valence electrons.